The number of nitrogens with two attached hydrogens (primary N) is 1. The minimum absolute atomic E-state index is 0.677. The third-order valence-corrected chi connectivity index (χ3v) is 3.32. The first-order valence-corrected chi connectivity index (χ1v) is 7.27. The number of nitrogens with zero attached hydrogens (tertiary/aromatic N) is 1. The SMILES string of the molecule is N#Cc1ccc(-c2ccc(OCCCCCN)cc2)cc1. The van der Waals surface area contributed by atoms with Crippen molar-refractivity contribution in [3.63, 3.8) is 0 Å². The molecule has 2 aromatic rings. The Bertz CT molecular complexity index is 582. The fraction of sp³-hybridized carbons (Fsp3) is 0.278. The minimum atomic E-state index is 0.677. The molecular formula is C18H20N2O. The summed E-state index contributed by atoms with van der Waals surface area (Å²) in [6, 6.07) is 17.7. The van der Waals surface area contributed by atoms with Gasteiger partial charge in [0.05, 0.1) is 18.2 Å². The van der Waals surface area contributed by atoms with Gasteiger partial charge in [-0.1, -0.05) is 24.3 Å². The highest BCUT2D eigenvalue weighted by Crippen LogP contribution is 2.22. The number of rotatable bonds is 7. The lowest BCUT2D eigenvalue weighted by Crippen LogP contribution is -2.01. The van der Waals surface area contributed by atoms with E-state index >= 15 is 0 Å². The lowest BCUT2D eigenvalue weighted by atomic mass is 10.0. The molecular weight excluding hydrogens is 260 g/mol. The number of unbranched alkanes of at least 4 members (excludes halogenated alkanes) is 2. The Hall–Kier alpha value is -2.31. The molecule has 0 radical (unpaired) electrons. The monoisotopic (exact) mass is 280 g/mol. The van der Waals surface area contributed by atoms with E-state index in [4.69, 9.17) is 15.7 Å². The van der Waals surface area contributed by atoms with Gasteiger partial charge in [0.2, 0.25) is 0 Å². The van der Waals surface area contributed by atoms with E-state index in [-0.39, 0.29) is 0 Å². The molecule has 21 heavy (non-hydrogen) atoms. The van der Waals surface area contributed by atoms with Gasteiger partial charge < -0.3 is 10.5 Å². The molecule has 0 unspecified atom stereocenters. The summed E-state index contributed by atoms with van der Waals surface area (Å²) in [7, 11) is 0. The standard InChI is InChI=1S/C18H20N2O/c19-12-2-1-3-13-21-18-10-8-17(9-11-18)16-6-4-15(14-20)5-7-16/h4-11H,1-3,12-13,19H2. The average molecular weight is 280 g/mol. The van der Waals surface area contributed by atoms with Gasteiger partial charge in [0.1, 0.15) is 5.75 Å². The zero-order valence-electron chi connectivity index (χ0n) is 12.1. The second-order valence-corrected chi connectivity index (χ2v) is 4.91. The van der Waals surface area contributed by atoms with Crippen molar-refractivity contribution in [2.45, 2.75) is 19.3 Å². The lowest BCUT2D eigenvalue weighted by molar-refractivity contribution is 0.306. The van der Waals surface area contributed by atoms with Crippen LogP contribution in [0.1, 0.15) is 24.8 Å². The molecule has 2 rings (SSSR count). The molecule has 0 amide bonds. The second kappa shape index (κ2) is 8.08. The third kappa shape index (κ3) is 4.62. The molecule has 3 nitrogen and oxygen atoms in total. The van der Waals surface area contributed by atoms with Crippen LogP contribution < -0.4 is 10.5 Å². The summed E-state index contributed by atoms with van der Waals surface area (Å²) >= 11 is 0. The molecule has 2 aromatic carbocycles. The van der Waals surface area contributed by atoms with E-state index in [0.29, 0.717) is 5.56 Å². The van der Waals surface area contributed by atoms with Gasteiger partial charge in [-0.2, -0.15) is 5.26 Å². The van der Waals surface area contributed by atoms with Crippen molar-refractivity contribution in [3.05, 3.63) is 54.1 Å². The van der Waals surface area contributed by atoms with Crippen LogP contribution >= 0.6 is 0 Å². The third-order valence-electron chi connectivity index (χ3n) is 3.32. The zero-order valence-corrected chi connectivity index (χ0v) is 12.1. The maximum Gasteiger partial charge on any atom is 0.119 e. The summed E-state index contributed by atoms with van der Waals surface area (Å²) in [6.45, 7) is 1.48. The van der Waals surface area contributed by atoms with Crippen LogP contribution in [0.2, 0.25) is 0 Å². The Morgan fingerprint density at radius 2 is 1.48 bits per heavy atom. The molecule has 0 fully saturated rings. The predicted octanol–water partition coefficient (Wildman–Crippen LogP) is 3.73. The van der Waals surface area contributed by atoms with E-state index in [0.717, 1.165) is 49.3 Å². The summed E-state index contributed by atoms with van der Waals surface area (Å²) in [4.78, 5) is 0. The summed E-state index contributed by atoms with van der Waals surface area (Å²) in [5.74, 6) is 0.889. The van der Waals surface area contributed by atoms with Crippen LogP contribution in [0.5, 0.6) is 5.75 Å². The molecule has 0 atom stereocenters. The van der Waals surface area contributed by atoms with Gasteiger partial charge >= 0.3 is 0 Å². The van der Waals surface area contributed by atoms with Crippen LogP contribution in [-0.4, -0.2) is 13.2 Å². The summed E-state index contributed by atoms with van der Waals surface area (Å²) in [5, 5.41) is 8.80. The molecule has 2 N–H and O–H groups in total. The van der Waals surface area contributed by atoms with Crippen LogP contribution in [0, 0.1) is 11.3 Å². The molecule has 0 aliphatic heterocycles. The van der Waals surface area contributed by atoms with Crippen molar-refractivity contribution < 1.29 is 4.74 Å². The van der Waals surface area contributed by atoms with E-state index in [1.807, 2.05) is 48.5 Å². The van der Waals surface area contributed by atoms with Crippen molar-refractivity contribution in [2.24, 2.45) is 5.73 Å². The molecule has 0 aliphatic carbocycles. The lowest BCUT2D eigenvalue weighted by Gasteiger charge is -2.07. The van der Waals surface area contributed by atoms with Crippen LogP contribution in [0.15, 0.2) is 48.5 Å². The number of hydrogen-bond donors (Lipinski definition) is 1. The van der Waals surface area contributed by atoms with Gasteiger partial charge in [0.25, 0.3) is 0 Å². The molecule has 0 saturated carbocycles. The Kier molecular flexibility index (Phi) is 5.81. The maximum absolute atomic E-state index is 8.80. The van der Waals surface area contributed by atoms with Crippen molar-refractivity contribution >= 4 is 0 Å². The minimum Gasteiger partial charge on any atom is -0.494 e. The van der Waals surface area contributed by atoms with Gasteiger partial charge in [0.15, 0.2) is 0 Å². The van der Waals surface area contributed by atoms with Crippen LogP contribution in [0.25, 0.3) is 11.1 Å². The fourth-order valence-electron chi connectivity index (χ4n) is 2.09. The van der Waals surface area contributed by atoms with Crippen molar-refractivity contribution in [1.82, 2.24) is 0 Å². The zero-order chi connectivity index (χ0) is 14.9. The molecule has 0 bridgehead atoms. The second-order valence-electron chi connectivity index (χ2n) is 4.91. The van der Waals surface area contributed by atoms with Crippen LogP contribution in [0.3, 0.4) is 0 Å². The first-order chi connectivity index (χ1) is 10.3. The molecule has 0 aromatic heterocycles. The van der Waals surface area contributed by atoms with Gasteiger partial charge in [0, 0.05) is 0 Å². The largest absolute Gasteiger partial charge is 0.494 e. The van der Waals surface area contributed by atoms with Gasteiger partial charge in [-0.3, -0.25) is 0 Å². The molecule has 0 heterocycles. The van der Waals surface area contributed by atoms with Crippen molar-refractivity contribution in [2.75, 3.05) is 13.2 Å². The summed E-state index contributed by atoms with van der Waals surface area (Å²) < 4.78 is 5.70. The fourth-order valence-corrected chi connectivity index (χ4v) is 2.09. The van der Waals surface area contributed by atoms with Gasteiger partial charge in [-0.15, -0.1) is 0 Å². The number of ether oxygens (including phenoxy) is 1. The molecule has 0 saturated heterocycles. The van der Waals surface area contributed by atoms with Crippen molar-refractivity contribution in [1.29, 1.82) is 5.26 Å². The Labute approximate surface area is 126 Å². The smallest absolute Gasteiger partial charge is 0.119 e. The van der Waals surface area contributed by atoms with E-state index in [1.165, 1.54) is 0 Å². The number of benzene rings is 2. The molecule has 0 spiro atoms. The summed E-state index contributed by atoms with van der Waals surface area (Å²) in [6.07, 6.45) is 3.20. The Morgan fingerprint density at radius 3 is 2.05 bits per heavy atom. The van der Waals surface area contributed by atoms with Gasteiger partial charge in [-0.05, 0) is 61.2 Å². The Balaban J connectivity index is 1.90. The highest BCUT2D eigenvalue weighted by molar-refractivity contribution is 5.64. The van der Waals surface area contributed by atoms with Crippen molar-refractivity contribution in [3.8, 4) is 22.9 Å². The number of nitriles is 1. The van der Waals surface area contributed by atoms with Crippen LogP contribution in [-0.2, 0) is 0 Å². The van der Waals surface area contributed by atoms with Gasteiger partial charge in [-0.25, -0.2) is 0 Å². The van der Waals surface area contributed by atoms with E-state index in [1.54, 1.807) is 0 Å². The Morgan fingerprint density at radius 1 is 0.857 bits per heavy atom. The maximum atomic E-state index is 8.80. The summed E-state index contributed by atoms with van der Waals surface area (Å²) in [5.41, 5.74) is 8.35. The molecule has 108 valence electrons. The molecule has 0 aliphatic rings. The highest BCUT2D eigenvalue weighted by atomic mass is 16.5. The first-order valence-electron chi connectivity index (χ1n) is 7.27. The first kappa shape index (κ1) is 15.1. The quantitative estimate of drug-likeness (QED) is 0.786. The predicted molar refractivity (Wildman–Crippen MR) is 85.0 cm³/mol. The topological polar surface area (TPSA) is 59.0 Å². The van der Waals surface area contributed by atoms with E-state index in [9.17, 15) is 0 Å². The van der Waals surface area contributed by atoms with E-state index < -0.39 is 0 Å². The van der Waals surface area contributed by atoms with E-state index in [2.05, 4.69) is 6.07 Å². The normalized spacial score (nSPS) is 10.1. The highest BCUT2D eigenvalue weighted by Gasteiger charge is 1.99. The molecule has 3 heteroatoms. The van der Waals surface area contributed by atoms with Crippen LogP contribution in [0.4, 0.5) is 0 Å². The number of hydrogen-bond acceptors (Lipinski definition) is 3. The average Bonchev–Trinajstić information content (AvgIpc) is 2.55.